The standard InChI is InChI=1S/C13H14F3N3O4S2/c1-24-8-11(12(20)18-7-6-17)19-25(21,22)10-4-2-9(3-5-10)23-13(14,15)16/h2-5,11,19H,7-8H2,1H3,(H,18,20). The summed E-state index contributed by atoms with van der Waals surface area (Å²) in [4.78, 5) is 11.5. The summed E-state index contributed by atoms with van der Waals surface area (Å²) in [6.45, 7) is -0.283. The Morgan fingerprint density at radius 1 is 1.36 bits per heavy atom. The molecule has 0 radical (unpaired) electrons. The largest absolute Gasteiger partial charge is 0.573 e. The Morgan fingerprint density at radius 2 is 1.96 bits per heavy atom. The molecule has 12 heteroatoms. The summed E-state index contributed by atoms with van der Waals surface area (Å²) in [6, 6.07) is 4.10. The van der Waals surface area contributed by atoms with Crippen LogP contribution in [0.15, 0.2) is 29.2 Å². The number of thioether (sulfide) groups is 1. The van der Waals surface area contributed by atoms with Crippen LogP contribution in [-0.4, -0.2) is 45.3 Å². The van der Waals surface area contributed by atoms with E-state index in [1.54, 1.807) is 12.3 Å². The van der Waals surface area contributed by atoms with Gasteiger partial charge in [-0.05, 0) is 30.5 Å². The second-order valence-electron chi connectivity index (χ2n) is 4.52. The molecular formula is C13H14F3N3O4S2. The van der Waals surface area contributed by atoms with Gasteiger partial charge in [-0.2, -0.15) is 21.7 Å². The van der Waals surface area contributed by atoms with Crippen LogP contribution < -0.4 is 14.8 Å². The van der Waals surface area contributed by atoms with Crippen LogP contribution in [0.25, 0.3) is 0 Å². The van der Waals surface area contributed by atoms with E-state index in [1.807, 2.05) is 0 Å². The van der Waals surface area contributed by atoms with Gasteiger partial charge in [0.2, 0.25) is 15.9 Å². The fourth-order valence-electron chi connectivity index (χ4n) is 1.66. The Hall–Kier alpha value is -1.97. The molecule has 7 nitrogen and oxygen atoms in total. The van der Waals surface area contributed by atoms with Crippen LogP contribution in [0.2, 0.25) is 0 Å². The normalized spacial score (nSPS) is 12.9. The molecule has 0 aliphatic rings. The van der Waals surface area contributed by atoms with Crippen molar-refractivity contribution in [1.82, 2.24) is 10.0 Å². The smallest absolute Gasteiger partial charge is 0.406 e. The number of nitrogens with zero attached hydrogens (tertiary/aromatic N) is 1. The molecule has 0 aliphatic carbocycles. The van der Waals surface area contributed by atoms with Crippen LogP contribution in [0, 0.1) is 11.3 Å². The number of hydrogen-bond donors (Lipinski definition) is 2. The first-order chi connectivity index (χ1) is 11.6. The summed E-state index contributed by atoms with van der Waals surface area (Å²) >= 11 is 1.20. The zero-order valence-corrected chi connectivity index (χ0v) is 14.5. The van der Waals surface area contributed by atoms with Gasteiger partial charge in [-0.15, -0.1) is 13.2 Å². The fourth-order valence-corrected chi connectivity index (χ4v) is 3.52. The van der Waals surface area contributed by atoms with Crippen molar-refractivity contribution in [3.05, 3.63) is 24.3 Å². The Morgan fingerprint density at radius 3 is 2.44 bits per heavy atom. The van der Waals surface area contributed by atoms with E-state index < -0.39 is 34.1 Å². The third-order valence-corrected chi connectivity index (χ3v) is 4.81. The number of amides is 1. The van der Waals surface area contributed by atoms with Crippen LogP contribution in [0.4, 0.5) is 13.2 Å². The molecule has 0 spiro atoms. The maximum absolute atomic E-state index is 12.3. The van der Waals surface area contributed by atoms with E-state index in [0.717, 1.165) is 24.3 Å². The van der Waals surface area contributed by atoms with Crippen LogP contribution >= 0.6 is 11.8 Å². The highest BCUT2D eigenvalue weighted by Gasteiger charge is 2.31. The summed E-state index contributed by atoms with van der Waals surface area (Å²) in [7, 11) is -4.16. The monoisotopic (exact) mass is 397 g/mol. The number of nitrogens with one attached hydrogen (secondary N) is 2. The predicted octanol–water partition coefficient (Wildman–Crippen LogP) is 1.23. The number of ether oxygens (including phenoxy) is 1. The van der Waals surface area contributed by atoms with Gasteiger partial charge in [0.1, 0.15) is 18.3 Å². The van der Waals surface area contributed by atoms with E-state index in [0.29, 0.717) is 0 Å². The molecule has 0 fully saturated rings. The summed E-state index contributed by atoms with van der Waals surface area (Å²) in [5.74, 6) is -1.15. The number of sulfonamides is 1. The van der Waals surface area contributed by atoms with E-state index in [9.17, 15) is 26.4 Å². The van der Waals surface area contributed by atoms with Crippen LogP contribution in [-0.2, 0) is 14.8 Å². The Labute approximate surface area is 146 Å². The van der Waals surface area contributed by atoms with Crippen molar-refractivity contribution in [2.75, 3.05) is 18.6 Å². The summed E-state index contributed by atoms with van der Waals surface area (Å²) in [5, 5.41) is 10.7. The predicted molar refractivity (Wildman–Crippen MR) is 84.2 cm³/mol. The van der Waals surface area contributed by atoms with Gasteiger partial charge in [-0.1, -0.05) is 0 Å². The molecule has 25 heavy (non-hydrogen) atoms. The van der Waals surface area contributed by atoms with E-state index in [1.165, 1.54) is 11.8 Å². The lowest BCUT2D eigenvalue weighted by atomic mass is 10.3. The Bertz CT molecular complexity index is 730. The van der Waals surface area contributed by atoms with E-state index in [4.69, 9.17) is 5.26 Å². The fraction of sp³-hybridized carbons (Fsp3) is 0.385. The van der Waals surface area contributed by atoms with E-state index in [-0.39, 0.29) is 17.2 Å². The van der Waals surface area contributed by atoms with E-state index in [2.05, 4.69) is 14.8 Å². The van der Waals surface area contributed by atoms with Crippen LogP contribution in [0.1, 0.15) is 0 Å². The molecule has 0 saturated carbocycles. The highest BCUT2D eigenvalue weighted by Crippen LogP contribution is 2.24. The molecule has 1 rings (SSSR count). The summed E-state index contributed by atoms with van der Waals surface area (Å²) in [5.41, 5.74) is 0. The summed E-state index contributed by atoms with van der Waals surface area (Å²) in [6.07, 6.45) is -3.23. The molecule has 1 atom stereocenters. The second kappa shape index (κ2) is 8.93. The van der Waals surface area contributed by atoms with Crippen molar-refractivity contribution in [3.8, 4) is 11.8 Å². The molecule has 2 N–H and O–H groups in total. The third-order valence-electron chi connectivity index (χ3n) is 2.66. The molecule has 1 aromatic rings. The lowest BCUT2D eigenvalue weighted by molar-refractivity contribution is -0.274. The van der Waals surface area contributed by atoms with Crippen molar-refractivity contribution >= 4 is 27.7 Å². The molecule has 0 bridgehead atoms. The van der Waals surface area contributed by atoms with Gasteiger partial charge in [0.15, 0.2) is 0 Å². The number of carbonyl (C=O) groups is 1. The third kappa shape index (κ3) is 7.20. The van der Waals surface area contributed by atoms with Gasteiger partial charge in [-0.25, -0.2) is 8.42 Å². The lowest BCUT2D eigenvalue weighted by Gasteiger charge is -2.17. The first-order valence-electron chi connectivity index (χ1n) is 6.61. The van der Waals surface area contributed by atoms with Gasteiger partial charge in [-0.3, -0.25) is 4.79 Å². The number of alkyl halides is 3. The minimum Gasteiger partial charge on any atom is -0.406 e. The topological polar surface area (TPSA) is 108 Å². The van der Waals surface area contributed by atoms with Gasteiger partial charge >= 0.3 is 6.36 Å². The van der Waals surface area contributed by atoms with Gasteiger partial charge in [0.05, 0.1) is 11.0 Å². The highest BCUT2D eigenvalue weighted by atomic mass is 32.2. The molecule has 0 heterocycles. The average Bonchev–Trinajstić information content (AvgIpc) is 2.51. The maximum atomic E-state index is 12.3. The minimum atomic E-state index is -4.89. The SMILES string of the molecule is CSCC(NS(=O)(=O)c1ccc(OC(F)(F)F)cc1)C(=O)NCC#N. The van der Waals surface area contributed by atoms with Crippen molar-refractivity contribution < 1.29 is 31.1 Å². The van der Waals surface area contributed by atoms with E-state index >= 15 is 0 Å². The number of halogens is 3. The van der Waals surface area contributed by atoms with Gasteiger partial charge in [0.25, 0.3) is 0 Å². The van der Waals surface area contributed by atoms with Crippen molar-refractivity contribution in [1.29, 1.82) is 5.26 Å². The van der Waals surface area contributed by atoms with Crippen LogP contribution in [0.5, 0.6) is 5.75 Å². The number of carbonyl (C=O) groups excluding carboxylic acids is 1. The maximum Gasteiger partial charge on any atom is 0.573 e. The average molecular weight is 397 g/mol. The summed E-state index contributed by atoms with van der Waals surface area (Å²) < 4.78 is 66.6. The molecule has 138 valence electrons. The Kier molecular flexibility index (Phi) is 7.53. The van der Waals surface area contributed by atoms with Gasteiger partial charge < -0.3 is 10.1 Å². The molecule has 1 amide bonds. The number of benzene rings is 1. The quantitative estimate of drug-likeness (QED) is 0.639. The molecule has 1 unspecified atom stereocenters. The molecule has 0 saturated heterocycles. The molecule has 0 aliphatic heterocycles. The zero-order chi connectivity index (χ0) is 19.1. The lowest BCUT2D eigenvalue weighted by Crippen LogP contribution is -2.48. The molecule has 1 aromatic carbocycles. The molecular weight excluding hydrogens is 383 g/mol. The van der Waals surface area contributed by atoms with Gasteiger partial charge in [0, 0.05) is 5.75 Å². The van der Waals surface area contributed by atoms with Crippen molar-refractivity contribution in [2.24, 2.45) is 0 Å². The minimum absolute atomic E-state index is 0.103. The molecule has 0 aromatic heterocycles. The first-order valence-corrected chi connectivity index (χ1v) is 9.48. The number of rotatable bonds is 8. The second-order valence-corrected chi connectivity index (χ2v) is 7.15. The number of nitriles is 1. The highest BCUT2D eigenvalue weighted by molar-refractivity contribution is 7.98. The van der Waals surface area contributed by atoms with Crippen molar-refractivity contribution in [3.63, 3.8) is 0 Å². The van der Waals surface area contributed by atoms with Crippen molar-refractivity contribution in [2.45, 2.75) is 17.3 Å². The first kappa shape index (κ1) is 21.1. The number of hydrogen-bond acceptors (Lipinski definition) is 6. The van der Waals surface area contributed by atoms with Crippen LogP contribution in [0.3, 0.4) is 0 Å². The Balaban J connectivity index is 2.91. The zero-order valence-electron chi connectivity index (χ0n) is 12.8.